The molecule has 104 valence electrons. The zero-order valence-electron chi connectivity index (χ0n) is 10.9. The molecule has 2 nitrogen and oxygen atoms in total. The van der Waals surface area contributed by atoms with Gasteiger partial charge in [-0.25, -0.2) is 0 Å². The molecule has 0 aliphatic heterocycles. The van der Waals surface area contributed by atoms with E-state index < -0.39 is 0 Å². The quantitative estimate of drug-likeness (QED) is 0.512. The number of nitrogen functional groups attached to an aromatic ring is 1. The van der Waals surface area contributed by atoms with Crippen molar-refractivity contribution in [2.45, 2.75) is 0 Å². The third-order valence-electron chi connectivity index (χ3n) is 3.37. The van der Waals surface area contributed by atoms with E-state index in [0.29, 0.717) is 21.8 Å². The van der Waals surface area contributed by atoms with E-state index in [2.05, 4.69) is 15.9 Å². The van der Waals surface area contributed by atoms with Gasteiger partial charge >= 0.3 is 0 Å². The average molecular weight is 361 g/mol. The molecule has 3 aromatic carbocycles. The Kier molecular flexibility index (Phi) is 3.70. The third kappa shape index (κ3) is 2.55. The average Bonchev–Trinajstić information content (AvgIpc) is 2.50. The van der Waals surface area contributed by atoms with E-state index in [1.807, 2.05) is 24.3 Å². The van der Waals surface area contributed by atoms with Gasteiger partial charge in [-0.2, -0.15) is 0 Å². The van der Waals surface area contributed by atoms with Crippen molar-refractivity contribution >= 4 is 49.8 Å². The van der Waals surface area contributed by atoms with E-state index in [9.17, 15) is 4.79 Å². The maximum atomic E-state index is 12.7. The van der Waals surface area contributed by atoms with Crippen molar-refractivity contribution in [3.63, 3.8) is 0 Å². The molecule has 3 aromatic rings. The Balaban J connectivity index is 2.18. The van der Waals surface area contributed by atoms with Crippen LogP contribution in [0.4, 0.5) is 5.69 Å². The topological polar surface area (TPSA) is 43.1 Å². The zero-order valence-corrected chi connectivity index (χ0v) is 13.3. The van der Waals surface area contributed by atoms with Gasteiger partial charge < -0.3 is 5.73 Å². The van der Waals surface area contributed by atoms with Gasteiger partial charge in [0.15, 0.2) is 5.78 Å². The van der Waals surface area contributed by atoms with Gasteiger partial charge in [0.25, 0.3) is 0 Å². The minimum atomic E-state index is -0.0675. The molecular formula is C17H11BrClNO. The molecule has 0 aliphatic rings. The molecule has 0 atom stereocenters. The number of benzene rings is 3. The Morgan fingerprint density at radius 3 is 2.43 bits per heavy atom. The monoisotopic (exact) mass is 359 g/mol. The molecule has 0 unspecified atom stereocenters. The molecule has 21 heavy (non-hydrogen) atoms. The zero-order chi connectivity index (χ0) is 15.0. The highest BCUT2D eigenvalue weighted by molar-refractivity contribution is 9.10. The summed E-state index contributed by atoms with van der Waals surface area (Å²) in [5.74, 6) is -0.0675. The first-order chi connectivity index (χ1) is 10.1. The van der Waals surface area contributed by atoms with Crippen LogP contribution in [-0.2, 0) is 0 Å². The van der Waals surface area contributed by atoms with Crippen molar-refractivity contribution in [3.05, 3.63) is 75.2 Å². The lowest BCUT2D eigenvalue weighted by atomic mass is 9.97. The summed E-state index contributed by atoms with van der Waals surface area (Å²) in [7, 11) is 0. The second-order valence-corrected chi connectivity index (χ2v) is 5.97. The van der Waals surface area contributed by atoms with Crippen LogP contribution < -0.4 is 5.73 Å². The lowest BCUT2D eigenvalue weighted by molar-refractivity contribution is 0.104. The summed E-state index contributed by atoms with van der Waals surface area (Å²) < 4.78 is 0.778. The molecular weight excluding hydrogens is 350 g/mol. The smallest absolute Gasteiger partial charge is 0.193 e. The minimum Gasteiger partial charge on any atom is -0.398 e. The summed E-state index contributed by atoms with van der Waals surface area (Å²) in [4.78, 5) is 12.7. The van der Waals surface area contributed by atoms with E-state index >= 15 is 0 Å². The molecule has 0 saturated heterocycles. The van der Waals surface area contributed by atoms with Crippen LogP contribution in [0.3, 0.4) is 0 Å². The minimum absolute atomic E-state index is 0.0675. The first-order valence-electron chi connectivity index (χ1n) is 6.35. The second kappa shape index (κ2) is 5.51. The van der Waals surface area contributed by atoms with Crippen molar-refractivity contribution in [1.82, 2.24) is 0 Å². The number of nitrogens with two attached hydrogens (primary N) is 1. The Hall–Kier alpha value is -1.84. The van der Waals surface area contributed by atoms with Crippen LogP contribution in [0.25, 0.3) is 10.8 Å². The number of fused-ring (bicyclic) bond motifs is 1. The number of hydrogen-bond acceptors (Lipinski definition) is 2. The van der Waals surface area contributed by atoms with Crippen LogP contribution in [0.2, 0.25) is 5.02 Å². The Morgan fingerprint density at radius 2 is 1.71 bits per heavy atom. The molecule has 3 rings (SSSR count). The molecule has 0 aliphatic carbocycles. The first-order valence-corrected chi connectivity index (χ1v) is 7.52. The SMILES string of the molecule is Nc1cc(C(=O)c2ccc(Cl)c3ccccc23)ccc1Br. The van der Waals surface area contributed by atoms with Crippen LogP contribution in [0.1, 0.15) is 15.9 Å². The molecule has 0 fully saturated rings. The number of carbonyl (C=O) groups excluding carboxylic acids is 1. The number of carbonyl (C=O) groups is 1. The van der Waals surface area contributed by atoms with Crippen molar-refractivity contribution in [1.29, 1.82) is 0 Å². The van der Waals surface area contributed by atoms with Gasteiger partial charge in [-0.1, -0.05) is 35.9 Å². The molecule has 0 amide bonds. The summed E-state index contributed by atoms with van der Waals surface area (Å²) in [6.45, 7) is 0. The van der Waals surface area contributed by atoms with Gasteiger partial charge in [0.1, 0.15) is 0 Å². The predicted molar refractivity (Wildman–Crippen MR) is 90.9 cm³/mol. The fraction of sp³-hybridized carbons (Fsp3) is 0. The number of hydrogen-bond donors (Lipinski definition) is 1. The molecule has 0 spiro atoms. The predicted octanol–water partition coefficient (Wildman–Crippen LogP) is 5.07. The lowest BCUT2D eigenvalue weighted by Crippen LogP contribution is -2.03. The highest BCUT2D eigenvalue weighted by atomic mass is 79.9. The van der Waals surface area contributed by atoms with Gasteiger partial charge in [0.2, 0.25) is 0 Å². The van der Waals surface area contributed by atoms with Crippen LogP contribution >= 0.6 is 27.5 Å². The highest BCUT2D eigenvalue weighted by Gasteiger charge is 2.14. The van der Waals surface area contributed by atoms with E-state index in [1.54, 1.807) is 30.3 Å². The Labute approximate surface area is 135 Å². The standard InChI is InChI=1S/C17H11BrClNO/c18-14-7-5-10(9-16(14)20)17(21)13-6-8-15(19)12-4-2-1-3-11(12)13/h1-9H,20H2. The second-order valence-electron chi connectivity index (χ2n) is 4.71. The first kappa shape index (κ1) is 14.1. The lowest BCUT2D eigenvalue weighted by Gasteiger charge is -2.08. The molecule has 0 heterocycles. The number of ketones is 1. The molecule has 4 heteroatoms. The van der Waals surface area contributed by atoms with E-state index in [0.717, 1.165) is 15.2 Å². The molecule has 0 aromatic heterocycles. The maximum Gasteiger partial charge on any atom is 0.193 e. The van der Waals surface area contributed by atoms with Crippen LogP contribution in [0.15, 0.2) is 59.1 Å². The highest BCUT2D eigenvalue weighted by Crippen LogP contribution is 2.29. The maximum absolute atomic E-state index is 12.7. The number of rotatable bonds is 2. The summed E-state index contributed by atoms with van der Waals surface area (Å²) in [6, 6.07) is 16.3. The van der Waals surface area contributed by atoms with E-state index in [-0.39, 0.29) is 5.78 Å². The van der Waals surface area contributed by atoms with Gasteiger partial charge in [-0.3, -0.25) is 4.79 Å². The van der Waals surface area contributed by atoms with Crippen LogP contribution in [0, 0.1) is 0 Å². The van der Waals surface area contributed by atoms with Crippen molar-refractivity contribution in [2.24, 2.45) is 0 Å². The summed E-state index contributed by atoms with van der Waals surface area (Å²) in [6.07, 6.45) is 0. The summed E-state index contributed by atoms with van der Waals surface area (Å²) in [5, 5.41) is 2.35. The van der Waals surface area contributed by atoms with Crippen LogP contribution in [0.5, 0.6) is 0 Å². The van der Waals surface area contributed by atoms with Gasteiger partial charge in [-0.05, 0) is 51.6 Å². The molecule has 0 saturated carbocycles. The van der Waals surface area contributed by atoms with E-state index in [1.165, 1.54) is 0 Å². The van der Waals surface area contributed by atoms with Crippen molar-refractivity contribution in [2.75, 3.05) is 5.73 Å². The van der Waals surface area contributed by atoms with Gasteiger partial charge in [-0.15, -0.1) is 0 Å². The Bertz CT molecular complexity index is 861. The van der Waals surface area contributed by atoms with Crippen molar-refractivity contribution < 1.29 is 4.79 Å². The van der Waals surface area contributed by atoms with Gasteiger partial charge in [0.05, 0.1) is 0 Å². The molecule has 0 radical (unpaired) electrons. The largest absolute Gasteiger partial charge is 0.398 e. The van der Waals surface area contributed by atoms with Crippen LogP contribution in [-0.4, -0.2) is 5.78 Å². The number of anilines is 1. The normalized spacial score (nSPS) is 10.8. The van der Waals surface area contributed by atoms with Crippen molar-refractivity contribution in [3.8, 4) is 0 Å². The fourth-order valence-corrected chi connectivity index (χ4v) is 2.78. The molecule has 0 bridgehead atoms. The summed E-state index contributed by atoms with van der Waals surface area (Å²) >= 11 is 9.52. The van der Waals surface area contributed by atoms with Gasteiger partial charge in [0, 0.05) is 31.7 Å². The molecule has 2 N–H and O–H groups in total. The third-order valence-corrected chi connectivity index (χ3v) is 4.43. The fourth-order valence-electron chi connectivity index (χ4n) is 2.30. The Morgan fingerprint density at radius 1 is 1.00 bits per heavy atom. The number of halogens is 2. The summed E-state index contributed by atoms with van der Waals surface area (Å²) in [5.41, 5.74) is 7.57. The van der Waals surface area contributed by atoms with E-state index in [4.69, 9.17) is 17.3 Å².